The number of rotatable bonds is 9. The first-order valence-corrected chi connectivity index (χ1v) is 14.1. The van der Waals surface area contributed by atoms with Gasteiger partial charge in [-0.2, -0.15) is 0 Å². The second-order valence-electron chi connectivity index (χ2n) is 11.5. The van der Waals surface area contributed by atoms with Crippen molar-refractivity contribution in [1.82, 2.24) is 0 Å². The van der Waals surface area contributed by atoms with Crippen molar-refractivity contribution in [2.75, 3.05) is 0 Å². The molecule has 186 valence electrons. The zero-order chi connectivity index (χ0) is 23.9. The third-order valence-corrected chi connectivity index (χ3v) is 9.10. The lowest BCUT2D eigenvalue weighted by atomic mass is 9.70. The molecular formula is C32H44F2. The molecule has 34 heavy (non-hydrogen) atoms. The molecule has 2 aromatic rings. The van der Waals surface area contributed by atoms with Crippen molar-refractivity contribution in [1.29, 1.82) is 0 Å². The van der Waals surface area contributed by atoms with E-state index in [2.05, 4.69) is 38.1 Å². The van der Waals surface area contributed by atoms with E-state index in [-0.39, 0.29) is 0 Å². The average Bonchev–Trinajstić information content (AvgIpc) is 2.87. The summed E-state index contributed by atoms with van der Waals surface area (Å²) in [6.07, 6.45) is 18.3. The third kappa shape index (κ3) is 6.70. The molecule has 2 heteroatoms. The molecule has 2 saturated carbocycles. The summed E-state index contributed by atoms with van der Waals surface area (Å²) < 4.78 is 26.8. The van der Waals surface area contributed by atoms with Gasteiger partial charge < -0.3 is 0 Å². The molecule has 1 atom stereocenters. The molecule has 0 heterocycles. The van der Waals surface area contributed by atoms with Crippen LogP contribution in [0.5, 0.6) is 0 Å². The predicted octanol–water partition coefficient (Wildman–Crippen LogP) is 10.3. The predicted molar refractivity (Wildman–Crippen MR) is 140 cm³/mol. The number of benzene rings is 2. The molecule has 2 aliphatic rings. The first-order chi connectivity index (χ1) is 16.5. The van der Waals surface area contributed by atoms with E-state index in [1.54, 1.807) is 6.07 Å². The molecule has 0 spiro atoms. The highest BCUT2D eigenvalue weighted by Crippen LogP contribution is 2.42. The van der Waals surface area contributed by atoms with Gasteiger partial charge in [-0.1, -0.05) is 82.7 Å². The van der Waals surface area contributed by atoms with Gasteiger partial charge in [0, 0.05) is 0 Å². The van der Waals surface area contributed by atoms with Crippen molar-refractivity contribution >= 4 is 0 Å². The number of hydrogen-bond acceptors (Lipinski definition) is 0. The maximum Gasteiger partial charge on any atom is 0.159 e. The highest BCUT2D eigenvalue weighted by Gasteiger charge is 2.29. The standard InChI is InChI=1S/C32H44F2/c1-3-4-5-6-24-7-11-26(12-8-24)23(2)21-25-9-13-27(14-10-25)28-15-17-29(18-16-28)30-19-20-31(33)32(34)22-30/h15-20,22-27H,3-14,21H2,1-2H3. The Hall–Kier alpha value is -1.70. The molecular weight excluding hydrogens is 422 g/mol. The van der Waals surface area contributed by atoms with E-state index in [1.165, 1.54) is 101 Å². The van der Waals surface area contributed by atoms with Gasteiger partial charge in [0.1, 0.15) is 0 Å². The van der Waals surface area contributed by atoms with Crippen molar-refractivity contribution in [3.8, 4) is 11.1 Å². The van der Waals surface area contributed by atoms with Crippen LogP contribution in [-0.2, 0) is 0 Å². The molecule has 0 aliphatic heterocycles. The number of hydrogen-bond donors (Lipinski definition) is 0. The lowest BCUT2D eigenvalue weighted by molar-refractivity contribution is 0.169. The van der Waals surface area contributed by atoms with Gasteiger partial charge in [-0.05, 0) is 103 Å². The van der Waals surface area contributed by atoms with Gasteiger partial charge in [-0.15, -0.1) is 0 Å². The maximum atomic E-state index is 13.6. The molecule has 4 rings (SSSR count). The molecule has 0 amide bonds. The fourth-order valence-corrected chi connectivity index (χ4v) is 6.80. The van der Waals surface area contributed by atoms with Gasteiger partial charge in [0.05, 0.1) is 0 Å². The Morgan fingerprint density at radius 3 is 2.03 bits per heavy atom. The van der Waals surface area contributed by atoms with Crippen LogP contribution >= 0.6 is 0 Å². The molecule has 2 fully saturated rings. The van der Waals surface area contributed by atoms with Crippen molar-refractivity contribution in [3.05, 3.63) is 59.7 Å². The molecule has 0 bridgehead atoms. The van der Waals surface area contributed by atoms with Gasteiger partial charge in [-0.25, -0.2) is 8.78 Å². The van der Waals surface area contributed by atoms with E-state index >= 15 is 0 Å². The zero-order valence-corrected chi connectivity index (χ0v) is 21.4. The molecule has 0 aromatic heterocycles. The summed E-state index contributed by atoms with van der Waals surface area (Å²) >= 11 is 0. The molecule has 0 radical (unpaired) electrons. The second kappa shape index (κ2) is 12.3. The minimum absolute atomic E-state index is 0.643. The van der Waals surface area contributed by atoms with Crippen LogP contribution in [0.3, 0.4) is 0 Å². The number of unbranched alkanes of at least 4 members (excludes halogenated alkanes) is 2. The van der Waals surface area contributed by atoms with Crippen molar-refractivity contribution in [2.45, 2.75) is 103 Å². The Morgan fingerprint density at radius 2 is 1.38 bits per heavy atom. The summed E-state index contributed by atoms with van der Waals surface area (Å²) in [7, 11) is 0. The Morgan fingerprint density at radius 1 is 0.735 bits per heavy atom. The molecule has 2 aromatic carbocycles. The second-order valence-corrected chi connectivity index (χ2v) is 11.5. The Labute approximate surface area is 206 Å². The van der Waals surface area contributed by atoms with Crippen LogP contribution in [0.25, 0.3) is 11.1 Å². The molecule has 0 nitrogen and oxygen atoms in total. The van der Waals surface area contributed by atoms with E-state index in [0.29, 0.717) is 5.92 Å². The lowest BCUT2D eigenvalue weighted by Gasteiger charge is -2.36. The van der Waals surface area contributed by atoms with E-state index in [9.17, 15) is 8.78 Å². The largest absolute Gasteiger partial charge is 0.204 e. The third-order valence-electron chi connectivity index (χ3n) is 9.10. The monoisotopic (exact) mass is 466 g/mol. The SMILES string of the molecule is CCCCCC1CCC(C(C)CC2CCC(c3ccc(-c4ccc(F)c(F)c4)cc3)CC2)CC1. The Bertz CT molecular complexity index is 870. The van der Waals surface area contributed by atoms with Gasteiger partial charge >= 0.3 is 0 Å². The van der Waals surface area contributed by atoms with Gasteiger partial charge in [0.25, 0.3) is 0 Å². The average molecular weight is 467 g/mol. The highest BCUT2D eigenvalue weighted by atomic mass is 19.2. The summed E-state index contributed by atoms with van der Waals surface area (Å²) in [5.41, 5.74) is 3.09. The molecule has 0 N–H and O–H groups in total. The van der Waals surface area contributed by atoms with Crippen molar-refractivity contribution in [2.24, 2.45) is 23.7 Å². The van der Waals surface area contributed by atoms with Crippen LogP contribution < -0.4 is 0 Å². The van der Waals surface area contributed by atoms with Crippen molar-refractivity contribution in [3.63, 3.8) is 0 Å². The van der Waals surface area contributed by atoms with Gasteiger partial charge in [0.2, 0.25) is 0 Å². The van der Waals surface area contributed by atoms with E-state index < -0.39 is 11.6 Å². The fourth-order valence-electron chi connectivity index (χ4n) is 6.80. The minimum Gasteiger partial charge on any atom is -0.204 e. The topological polar surface area (TPSA) is 0 Å². The summed E-state index contributed by atoms with van der Waals surface area (Å²) in [6, 6.07) is 12.7. The normalized spacial score (nSPS) is 26.4. The fraction of sp³-hybridized carbons (Fsp3) is 0.625. The Kier molecular flexibility index (Phi) is 9.20. The molecule has 2 aliphatic carbocycles. The molecule has 1 unspecified atom stereocenters. The van der Waals surface area contributed by atoms with Crippen LogP contribution in [0.2, 0.25) is 0 Å². The zero-order valence-electron chi connectivity index (χ0n) is 21.4. The minimum atomic E-state index is -0.790. The smallest absolute Gasteiger partial charge is 0.159 e. The van der Waals surface area contributed by atoms with Crippen molar-refractivity contribution < 1.29 is 8.78 Å². The summed E-state index contributed by atoms with van der Waals surface area (Å²) in [6.45, 7) is 4.84. The highest BCUT2D eigenvalue weighted by molar-refractivity contribution is 5.63. The summed E-state index contributed by atoms with van der Waals surface area (Å²) in [5, 5.41) is 0. The summed E-state index contributed by atoms with van der Waals surface area (Å²) in [4.78, 5) is 0. The van der Waals surface area contributed by atoms with E-state index in [0.717, 1.165) is 34.8 Å². The first kappa shape index (κ1) is 25.4. The van der Waals surface area contributed by atoms with Gasteiger partial charge in [-0.3, -0.25) is 0 Å². The maximum absolute atomic E-state index is 13.6. The lowest BCUT2D eigenvalue weighted by Crippen LogP contribution is -2.23. The van der Waals surface area contributed by atoms with Crippen LogP contribution in [0.1, 0.15) is 109 Å². The van der Waals surface area contributed by atoms with Crippen LogP contribution in [0, 0.1) is 35.3 Å². The Balaban J connectivity index is 1.21. The first-order valence-electron chi connectivity index (χ1n) is 14.1. The van der Waals surface area contributed by atoms with Crippen LogP contribution in [0.15, 0.2) is 42.5 Å². The van der Waals surface area contributed by atoms with Crippen LogP contribution in [-0.4, -0.2) is 0 Å². The molecule has 0 saturated heterocycles. The van der Waals surface area contributed by atoms with Gasteiger partial charge in [0.15, 0.2) is 11.6 Å². The quantitative estimate of drug-likeness (QED) is 0.322. The summed E-state index contributed by atoms with van der Waals surface area (Å²) in [5.74, 6) is 2.83. The van der Waals surface area contributed by atoms with E-state index in [4.69, 9.17) is 0 Å². The number of halogens is 2. The van der Waals surface area contributed by atoms with Crippen LogP contribution in [0.4, 0.5) is 8.78 Å². The van der Waals surface area contributed by atoms with E-state index in [1.807, 2.05) is 0 Å².